The average Bonchev–Trinajstić information content (AvgIpc) is 3.00. The van der Waals surface area contributed by atoms with Crippen LogP contribution in [-0.4, -0.2) is 50.3 Å². The van der Waals surface area contributed by atoms with Crippen molar-refractivity contribution in [2.75, 3.05) is 18.8 Å². The standard InChI is InChI=1S/C17H21N5O3S/c18-15(24)13-7-4-8-21(10-13)14(23)11-26-17-20-19-16(25)22(17)9-12-5-2-1-3-6-12/h1-3,5-6,13H,4,7-11H2,(H2,18,24)(H,19,25)/t13-/m0/s1. The lowest BCUT2D eigenvalue weighted by Gasteiger charge is -2.31. The van der Waals surface area contributed by atoms with Gasteiger partial charge >= 0.3 is 5.69 Å². The van der Waals surface area contributed by atoms with Crippen molar-refractivity contribution in [2.45, 2.75) is 24.5 Å². The van der Waals surface area contributed by atoms with Gasteiger partial charge in [0, 0.05) is 13.1 Å². The summed E-state index contributed by atoms with van der Waals surface area (Å²) >= 11 is 1.21. The van der Waals surface area contributed by atoms with Crippen LogP contribution in [0.3, 0.4) is 0 Å². The highest BCUT2D eigenvalue weighted by Gasteiger charge is 2.27. The number of hydrogen-bond acceptors (Lipinski definition) is 5. The molecule has 26 heavy (non-hydrogen) atoms. The molecule has 0 bridgehead atoms. The predicted molar refractivity (Wildman–Crippen MR) is 97.6 cm³/mol. The van der Waals surface area contributed by atoms with Crippen LogP contribution in [0, 0.1) is 5.92 Å². The van der Waals surface area contributed by atoms with Crippen LogP contribution in [0.15, 0.2) is 40.3 Å². The predicted octanol–water partition coefficient (Wildman–Crippen LogP) is 0.436. The zero-order chi connectivity index (χ0) is 18.5. The van der Waals surface area contributed by atoms with Gasteiger partial charge in [-0.1, -0.05) is 42.1 Å². The van der Waals surface area contributed by atoms with Gasteiger partial charge < -0.3 is 10.6 Å². The first-order valence-corrected chi connectivity index (χ1v) is 9.42. The van der Waals surface area contributed by atoms with E-state index in [4.69, 9.17) is 5.73 Å². The van der Waals surface area contributed by atoms with Gasteiger partial charge in [-0.05, 0) is 18.4 Å². The normalized spacial score (nSPS) is 17.2. The molecule has 9 heteroatoms. The second-order valence-corrected chi connectivity index (χ2v) is 7.20. The molecule has 1 aromatic heterocycles. The fourth-order valence-electron chi connectivity index (χ4n) is 2.97. The minimum absolute atomic E-state index is 0.0809. The van der Waals surface area contributed by atoms with Gasteiger partial charge in [-0.3, -0.25) is 14.2 Å². The molecule has 138 valence electrons. The Bertz CT molecular complexity index is 832. The smallest absolute Gasteiger partial charge is 0.344 e. The second kappa shape index (κ2) is 8.22. The van der Waals surface area contributed by atoms with Crippen molar-refractivity contribution < 1.29 is 9.59 Å². The summed E-state index contributed by atoms with van der Waals surface area (Å²) in [6, 6.07) is 9.58. The molecule has 0 radical (unpaired) electrons. The van der Waals surface area contributed by atoms with E-state index in [0.29, 0.717) is 24.8 Å². The third kappa shape index (κ3) is 4.34. The number of nitrogens with one attached hydrogen (secondary N) is 1. The molecule has 1 aromatic carbocycles. The van der Waals surface area contributed by atoms with Crippen LogP contribution < -0.4 is 11.4 Å². The van der Waals surface area contributed by atoms with Crippen molar-refractivity contribution in [3.05, 3.63) is 46.4 Å². The molecule has 1 aliphatic rings. The van der Waals surface area contributed by atoms with E-state index in [1.807, 2.05) is 30.3 Å². The lowest BCUT2D eigenvalue weighted by Crippen LogP contribution is -2.44. The third-order valence-electron chi connectivity index (χ3n) is 4.41. The van der Waals surface area contributed by atoms with Crippen LogP contribution in [0.5, 0.6) is 0 Å². The van der Waals surface area contributed by atoms with Crippen molar-refractivity contribution in [1.29, 1.82) is 0 Å². The van der Waals surface area contributed by atoms with Gasteiger partial charge in [-0.25, -0.2) is 9.89 Å². The molecule has 0 unspecified atom stereocenters. The maximum atomic E-state index is 12.4. The first-order valence-electron chi connectivity index (χ1n) is 8.43. The SMILES string of the molecule is NC(=O)[C@H]1CCCN(C(=O)CSc2n[nH]c(=O)n2Cc2ccccc2)C1. The number of primary amides is 1. The molecule has 2 heterocycles. The van der Waals surface area contributed by atoms with Crippen LogP contribution in [0.25, 0.3) is 0 Å². The minimum Gasteiger partial charge on any atom is -0.369 e. The Kier molecular flexibility index (Phi) is 5.77. The van der Waals surface area contributed by atoms with Gasteiger partial charge in [-0.2, -0.15) is 0 Å². The molecule has 8 nitrogen and oxygen atoms in total. The van der Waals surface area contributed by atoms with Crippen LogP contribution in [0.2, 0.25) is 0 Å². The molecular formula is C17H21N5O3S. The maximum Gasteiger partial charge on any atom is 0.344 e. The van der Waals surface area contributed by atoms with Crippen molar-refractivity contribution in [3.63, 3.8) is 0 Å². The molecule has 3 rings (SSSR count). The first-order chi connectivity index (χ1) is 12.5. The Balaban J connectivity index is 1.62. The van der Waals surface area contributed by atoms with Gasteiger partial charge in [0.05, 0.1) is 18.2 Å². The Morgan fingerprint density at radius 2 is 2.08 bits per heavy atom. The van der Waals surface area contributed by atoms with Gasteiger partial charge in [0.2, 0.25) is 11.8 Å². The Morgan fingerprint density at radius 1 is 1.31 bits per heavy atom. The fraction of sp³-hybridized carbons (Fsp3) is 0.412. The molecule has 2 amide bonds. The molecule has 3 N–H and O–H groups in total. The number of benzene rings is 1. The monoisotopic (exact) mass is 375 g/mol. The summed E-state index contributed by atoms with van der Waals surface area (Å²) in [6.45, 7) is 1.38. The summed E-state index contributed by atoms with van der Waals surface area (Å²) in [4.78, 5) is 37.5. The minimum atomic E-state index is -0.362. The highest BCUT2D eigenvalue weighted by atomic mass is 32.2. The highest BCUT2D eigenvalue weighted by molar-refractivity contribution is 7.99. The third-order valence-corrected chi connectivity index (χ3v) is 5.37. The number of aromatic nitrogens is 3. The Morgan fingerprint density at radius 3 is 2.81 bits per heavy atom. The number of piperidine rings is 1. The molecule has 1 aliphatic heterocycles. The van der Waals surface area contributed by atoms with Crippen LogP contribution in [0.1, 0.15) is 18.4 Å². The number of aromatic amines is 1. The molecule has 0 saturated carbocycles. The van der Waals surface area contributed by atoms with Gasteiger partial charge in [-0.15, -0.1) is 5.10 Å². The first kappa shape index (κ1) is 18.2. The molecule has 0 aliphatic carbocycles. The zero-order valence-electron chi connectivity index (χ0n) is 14.3. The highest BCUT2D eigenvalue weighted by Crippen LogP contribution is 2.19. The number of nitrogens with zero attached hydrogens (tertiary/aromatic N) is 3. The summed E-state index contributed by atoms with van der Waals surface area (Å²) in [5.41, 5.74) is 6.02. The Hall–Kier alpha value is -2.55. The van der Waals surface area contributed by atoms with E-state index < -0.39 is 0 Å². The van der Waals surface area contributed by atoms with Gasteiger partial charge in [0.1, 0.15) is 0 Å². The Labute approximate surface area is 154 Å². The van der Waals surface area contributed by atoms with Crippen LogP contribution in [-0.2, 0) is 16.1 Å². The summed E-state index contributed by atoms with van der Waals surface area (Å²) in [5.74, 6) is -0.564. The molecule has 2 aromatic rings. The fourth-order valence-corrected chi connectivity index (χ4v) is 3.82. The van der Waals surface area contributed by atoms with E-state index in [1.54, 1.807) is 4.90 Å². The molecule has 1 atom stereocenters. The maximum absolute atomic E-state index is 12.4. The second-order valence-electron chi connectivity index (χ2n) is 6.25. The van der Waals surface area contributed by atoms with E-state index in [1.165, 1.54) is 16.3 Å². The topological polar surface area (TPSA) is 114 Å². The zero-order valence-corrected chi connectivity index (χ0v) is 15.1. The number of hydrogen-bond donors (Lipinski definition) is 2. The number of H-pyrrole nitrogens is 1. The van der Waals surface area contributed by atoms with Crippen molar-refractivity contribution in [2.24, 2.45) is 11.7 Å². The summed E-state index contributed by atoms with van der Waals surface area (Å²) < 4.78 is 1.51. The largest absolute Gasteiger partial charge is 0.369 e. The van der Waals surface area contributed by atoms with Crippen molar-refractivity contribution >= 4 is 23.6 Å². The van der Waals surface area contributed by atoms with E-state index in [-0.39, 0.29) is 29.2 Å². The number of thioether (sulfide) groups is 1. The van der Waals surface area contributed by atoms with Gasteiger partial charge in [0.25, 0.3) is 0 Å². The van der Waals surface area contributed by atoms with Crippen molar-refractivity contribution in [3.8, 4) is 0 Å². The van der Waals surface area contributed by atoms with E-state index >= 15 is 0 Å². The lowest BCUT2D eigenvalue weighted by molar-refractivity contribution is -0.132. The molecule has 1 saturated heterocycles. The average molecular weight is 375 g/mol. The number of carbonyl (C=O) groups excluding carboxylic acids is 2. The molecule has 0 spiro atoms. The molecule has 1 fully saturated rings. The van der Waals surface area contributed by atoms with E-state index in [2.05, 4.69) is 10.2 Å². The van der Waals surface area contributed by atoms with Crippen LogP contribution in [0.4, 0.5) is 0 Å². The van der Waals surface area contributed by atoms with E-state index in [0.717, 1.165) is 18.4 Å². The summed E-state index contributed by atoms with van der Waals surface area (Å²) in [5, 5.41) is 6.92. The summed E-state index contributed by atoms with van der Waals surface area (Å²) in [6.07, 6.45) is 1.49. The van der Waals surface area contributed by atoms with Gasteiger partial charge in [0.15, 0.2) is 5.16 Å². The van der Waals surface area contributed by atoms with Crippen molar-refractivity contribution in [1.82, 2.24) is 19.7 Å². The number of amides is 2. The number of carbonyl (C=O) groups is 2. The quantitative estimate of drug-likeness (QED) is 0.711. The summed E-state index contributed by atoms with van der Waals surface area (Å²) in [7, 11) is 0. The number of rotatable bonds is 6. The molecular weight excluding hydrogens is 354 g/mol. The number of nitrogens with two attached hydrogens (primary N) is 1. The number of likely N-dealkylation sites (tertiary alicyclic amines) is 1. The van der Waals surface area contributed by atoms with Crippen LogP contribution >= 0.6 is 11.8 Å². The van der Waals surface area contributed by atoms with E-state index in [9.17, 15) is 14.4 Å². The lowest BCUT2D eigenvalue weighted by atomic mass is 9.97.